The van der Waals surface area contributed by atoms with Gasteiger partial charge in [-0.2, -0.15) is 5.10 Å². The normalized spacial score (nSPS) is 11.2. The highest BCUT2D eigenvalue weighted by Crippen LogP contribution is 2.20. The lowest BCUT2D eigenvalue weighted by Gasteiger charge is -2.00. The Morgan fingerprint density at radius 2 is 1.65 bits per heavy atom. The Balaban J connectivity index is 2.49. The van der Waals surface area contributed by atoms with Gasteiger partial charge in [0.1, 0.15) is 11.5 Å². The van der Waals surface area contributed by atoms with E-state index in [0.717, 1.165) is 28.6 Å². The number of aromatic nitrogens is 5. The number of hydrogen-bond acceptors (Lipinski definition) is 4. The van der Waals surface area contributed by atoms with Crippen molar-refractivity contribution in [3.63, 3.8) is 0 Å². The first kappa shape index (κ1) is 11.7. The SMILES string of the molecule is Cc1nnc(-c2nc(C(C)C)[nH]c2C)nc1C. The van der Waals surface area contributed by atoms with Crippen LogP contribution in [0.3, 0.4) is 0 Å². The molecule has 0 saturated heterocycles. The lowest BCUT2D eigenvalue weighted by molar-refractivity contribution is 0.791. The molecule has 0 spiro atoms. The maximum absolute atomic E-state index is 4.53. The molecule has 5 nitrogen and oxygen atoms in total. The highest BCUT2D eigenvalue weighted by atomic mass is 15.2. The van der Waals surface area contributed by atoms with Gasteiger partial charge < -0.3 is 4.98 Å². The minimum Gasteiger partial charge on any atom is -0.345 e. The predicted molar refractivity (Wildman–Crippen MR) is 65.7 cm³/mol. The third-order valence-electron chi connectivity index (χ3n) is 2.75. The zero-order chi connectivity index (χ0) is 12.6. The Morgan fingerprint density at radius 3 is 2.18 bits per heavy atom. The molecular weight excluding hydrogens is 214 g/mol. The minimum absolute atomic E-state index is 0.363. The first-order chi connectivity index (χ1) is 7.99. The number of nitrogens with zero attached hydrogens (tertiary/aromatic N) is 4. The van der Waals surface area contributed by atoms with Gasteiger partial charge in [0.15, 0.2) is 0 Å². The van der Waals surface area contributed by atoms with Crippen LogP contribution in [0.25, 0.3) is 11.5 Å². The molecule has 0 bridgehead atoms. The van der Waals surface area contributed by atoms with Crippen LogP contribution in [-0.4, -0.2) is 25.1 Å². The summed E-state index contributed by atoms with van der Waals surface area (Å²) < 4.78 is 0. The second-order valence-corrected chi connectivity index (χ2v) is 4.56. The molecule has 0 amide bonds. The number of rotatable bonds is 2. The van der Waals surface area contributed by atoms with Crippen molar-refractivity contribution in [1.29, 1.82) is 0 Å². The van der Waals surface area contributed by atoms with E-state index in [1.807, 2.05) is 20.8 Å². The molecular formula is C12H17N5. The number of imidazole rings is 1. The van der Waals surface area contributed by atoms with Crippen molar-refractivity contribution in [3.8, 4) is 11.5 Å². The number of H-pyrrole nitrogens is 1. The zero-order valence-electron chi connectivity index (χ0n) is 10.9. The van der Waals surface area contributed by atoms with E-state index in [9.17, 15) is 0 Å². The second kappa shape index (κ2) is 4.24. The van der Waals surface area contributed by atoms with Crippen LogP contribution < -0.4 is 0 Å². The summed E-state index contributed by atoms with van der Waals surface area (Å²) in [4.78, 5) is 12.2. The largest absolute Gasteiger partial charge is 0.345 e. The topological polar surface area (TPSA) is 67.3 Å². The molecule has 5 heteroatoms. The quantitative estimate of drug-likeness (QED) is 0.861. The van der Waals surface area contributed by atoms with Gasteiger partial charge in [-0.1, -0.05) is 13.8 Å². The predicted octanol–water partition coefficient (Wildman–Crippen LogP) is 2.31. The number of aryl methyl sites for hydroxylation is 3. The summed E-state index contributed by atoms with van der Waals surface area (Å²) in [5.74, 6) is 1.91. The zero-order valence-corrected chi connectivity index (χ0v) is 10.9. The average molecular weight is 231 g/mol. The molecule has 0 unspecified atom stereocenters. The Morgan fingerprint density at radius 1 is 0.941 bits per heavy atom. The molecule has 0 aliphatic rings. The molecule has 17 heavy (non-hydrogen) atoms. The third-order valence-corrected chi connectivity index (χ3v) is 2.75. The van der Waals surface area contributed by atoms with Gasteiger partial charge in [-0.15, -0.1) is 5.10 Å². The van der Waals surface area contributed by atoms with Crippen molar-refractivity contribution in [1.82, 2.24) is 25.1 Å². The summed E-state index contributed by atoms with van der Waals surface area (Å²) in [6.45, 7) is 10.0. The first-order valence-corrected chi connectivity index (χ1v) is 5.74. The molecule has 0 aromatic carbocycles. The lowest BCUT2D eigenvalue weighted by Crippen LogP contribution is -2.00. The first-order valence-electron chi connectivity index (χ1n) is 5.74. The van der Waals surface area contributed by atoms with E-state index < -0.39 is 0 Å². The molecule has 0 saturated carbocycles. The standard InChI is InChI=1S/C12H17N5/c1-6(2)11-14-9(5)10(15-11)12-13-7(3)8(4)16-17-12/h6H,1-5H3,(H,14,15). The van der Waals surface area contributed by atoms with E-state index in [1.54, 1.807) is 0 Å². The van der Waals surface area contributed by atoms with Crippen LogP contribution in [0.5, 0.6) is 0 Å². The maximum atomic E-state index is 4.53. The fraction of sp³-hybridized carbons (Fsp3) is 0.500. The maximum Gasteiger partial charge on any atom is 0.202 e. The second-order valence-electron chi connectivity index (χ2n) is 4.56. The van der Waals surface area contributed by atoms with Gasteiger partial charge in [-0.05, 0) is 20.8 Å². The number of aromatic amines is 1. The van der Waals surface area contributed by atoms with E-state index in [-0.39, 0.29) is 0 Å². The van der Waals surface area contributed by atoms with Crippen LogP contribution in [0.2, 0.25) is 0 Å². The van der Waals surface area contributed by atoms with Crippen molar-refractivity contribution in [2.45, 2.75) is 40.5 Å². The summed E-state index contributed by atoms with van der Waals surface area (Å²) >= 11 is 0. The van der Waals surface area contributed by atoms with Gasteiger partial charge in [-0.3, -0.25) is 0 Å². The van der Waals surface area contributed by atoms with Gasteiger partial charge in [0.25, 0.3) is 0 Å². The Hall–Kier alpha value is -1.78. The van der Waals surface area contributed by atoms with E-state index >= 15 is 0 Å². The molecule has 2 heterocycles. The van der Waals surface area contributed by atoms with Crippen molar-refractivity contribution in [2.24, 2.45) is 0 Å². The van der Waals surface area contributed by atoms with Crippen molar-refractivity contribution in [2.75, 3.05) is 0 Å². The van der Waals surface area contributed by atoms with Crippen LogP contribution in [0.1, 0.15) is 42.7 Å². The Labute approximate surface area is 101 Å². The van der Waals surface area contributed by atoms with E-state index in [0.29, 0.717) is 11.7 Å². The Kier molecular flexibility index (Phi) is 2.92. The van der Waals surface area contributed by atoms with Crippen molar-refractivity contribution in [3.05, 3.63) is 22.9 Å². The third kappa shape index (κ3) is 2.18. The molecule has 2 aromatic rings. The van der Waals surface area contributed by atoms with Gasteiger partial charge in [0, 0.05) is 11.6 Å². The van der Waals surface area contributed by atoms with Crippen molar-refractivity contribution >= 4 is 0 Å². The highest BCUT2D eigenvalue weighted by molar-refractivity contribution is 5.52. The molecule has 1 N–H and O–H groups in total. The molecule has 0 radical (unpaired) electrons. The monoisotopic (exact) mass is 231 g/mol. The van der Waals surface area contributed by atoms with Crippen molar-refractivity contribution < 1.29 is 0 Å². The molecule has 2 aromatic heterocycles. The number of nitrogens with one attached hydrogen (secondary N) is 1. The molecule has 2 rings (SSSR count). The van der Waals surface area contributed by atoms with E-state index in [1.165, 1.54) is 0 Å². The molecule has 0 atom stereocenters. The van der Waals surface area contributed by atoms with Crippen LogP contribution in [0, 0.1) is 20.8 Å². The van der Waals surface area contributed by atoms with E-state index in [4.69, 9.17) is 0 Å². The van der Waals surface area contributed by atoms with Gasteiger partial charge in [0.05, 0.1) is 11.4 Å². The van der Waals surface area contributed by atoms with Crippen LogP contribution in [0.15, 0.2) is 0 Å². The van der Waals surface area contributed by atoms with Gasteiger partial charge in [0.2, 0.25) is 5.82 Å². The van der Waals surface area contributed by atoms with Crippen LogP contribution in [0.4, 0.5) is 0 Å². The highest BCUT2D eigenvalue weighted by Gasteiger charge is 2.14. The average Bonchev–Trinajstić information content (AvgIpc) is 2.65. The summed E-state index contributed by atoms with van der Waals surface area (Å²) in [5.41, 5.74) is 3.53. The molecule has 0 aliphatic heterocycles. The summed E-state index contributed by atoms with van der Waals surface area (Å²) in [7, 11) is 0. The van der Waals surface area contributed by atoms with Gasteiger partial charge in [-0.25, -0.2) is 9.97 Å². The number of hydrogen-bond donors (Lipinski definition) is 1. The van der Waals surface area contributed by atoms with Crippen LogP contribution in [-0.2, 0) is 0 Å². The summed E-state index contributed by atoms with van der Waals surface area (Å²) in [5, 5.41) is 8.18. The molecule has 90 valence electrons. The summed E-state index contributed by atoms with van der Waals surface area (Å²) in [6.07, 6.45) is 0. The fourth-order valence-electron chi connectivity index (χ4n) is 1.53. The van der Waals surface area contributed by atoms with Gasteiger partial charge >= 0.3 is 0 Å². The minimum atomic E-state index is 0.363. The van der Waals surface area contributed by atoms with E-state index in [2.05, 4.69) is 39.0 Å². The van der Waals surface area contributed by atoms with Crippen LogP contribution >= 0.6 is 0 Å². The lowest BCUT2D eigenvalue weighted by atomic mass is 10.2. The Bertz CT molecular complexity index is 542. The summed E-state index contributed by atoms with van der Waals surface area (Å²) in [6, 6.07) is 0. The molecule has 0 fully saturated rings. The smallest absolute Gasteiger partial charge is 0.202 e. The molecule has 0 aliphatic carbocycles. The fourth-order valence-corrected chi connectivity index (χ4v) is 1.53.